The van der Waals surface area contributed by atoms with Crippen LogP contribution in [0.5, 0.6) is 0 Å². The maximum atomic E-state index is 12.4. The van der Waals surface area contributed by atoms with Crippen molar-refractivity contribution in [2.45, 2.75) is 18.6 Å². The third kappa shape index (κ3) is 2.95. The lowest BCUT2D eigenvalue weighted by molar-refractivity contribution is -0.141. The molecule has 0 aromatic heterocycles. The summed E-state index contributed by atoms with van der Waals surface area (Å²) in [7, 11) is 1.50. The average molecular weight is 289 g/mol. The first-order valence-electron chi connectivity index (χ1n) is 6.39. The summed E-state index contributed by atoms with van der Waals surface area (Å²) in [6.07, 6.45) is -0.818. The molecule has 1 saturated heterocycles. The summed E-state index contributed by atoms with van der Waals surface area (Å²) in [5, 5.41) is 27.6. The maximum Gasteiger partial charge on any atom is 0.326 e. The number of anilines is 1. The predicted octanol–water partition coefficient (Wildman–Crippen LogP) is 0.634. The summed E-state index contributed by atoms with van der Waals surface area (Å²) in [6, 6.07) is 6.88. The Hall–Kier alpha value is -2.59. The number of aliphatic hydroxyl groups is 1. The minimum absolute atomic E-state index is 0.0158. The number of rotatable bonds is 2. The number of nitrogens with zero attached hydrogens (tertiary/aromatic N) is 3. The summed E-state index contributed by atoms with van der Waals surface area (Å²) >= 11 is 0. The fourth-order valence-corrected chi connectivity index (χ4v) is 2.35. The Labute approximate surface area is 121 Å². The van der Waals surface area contributed by atoms with Crippen molar-refractivity contribution in [3.63, 3.8) is 0 Å². The van der Waals surface area contributed by atoms with Gasteiger partial charge in [-0.25, -0.2) is 9.59 Å². The molecule has 0 aliphatic carbocycles. The van der Waals surface area contributed by atoms with Crippen LogP contribution in [0.15, 0.2) is 24.3 Å². The molecule has 2 amide bonds. The molecule has 1 aliphatic heterocycles. The summed E-state index contributed by atoms with van der Waals surface area (Å²) in [4.78, 5) is 26.0. The highest BCUT2D eigenvalue weighted by Crippen LogP contribution is 2.22. The summed E-state index contributed by atoms with van der Waals surface area (Å²) < 4.78 is 0. The number of aliphatic hydroxyl groups excluding tert-OH is 1. The molecule has 0 spiro atoms. The van der Waals surface area contributed by atoms with Crippen molar-refractivity contribution < 1.29 is 19.8 Å². The molecule has 110 valence electrons. The number of benzene rings is 1. The van der Waals surface area contributed by atoms with Crippen LogP contribution < -0.4 is 4.90 Å². The number of aliphatic carboxylic acids is 1. The van der Waals surface area contributed by atoms with E-state index in [1.165, 1.54) is 11.9 Å². The van der Waals surface area contributed by atoms with E-state index in [4.69, 9.17) is 10.4 Å². The van der Waals surface area contributed by atoms with E-state index < -0.39 is 24.1 Å². The molecule has 2 rings (SSSR count). The lowest BCUT2D eigenvalue weighted by Gasteiger charge is -2.27. The van der Waals surface area contributed by atoms with E-state index in [1.54, 1.807) is 24.3 Å². The Balaban J connectivity index is 2.22. The number of likely N-dealkylation sites (tertiary alicyclic amines) is 1. The molecule has 1 aromatic carbocycles. The molecule has 0 radical (unpaired) electrons. The number of carboxylic acids is 1. The predicted molar refractivity (Wildman–Crippen MR) is 73.7 cm³/mol. The van der Waals surface area contributed by atoms with Gasteiger partial charge in [-0.1, -0.05) is 6.07 Å². The van der Waals surface area contributed by atoms with E-state index in [0.717, 1.165) is 4.90 Å². The van der Waals surface area contributed by atoms with Crippen molar-refractivity contribution in [2.75, 3.05) is 18.5 Å². The molecular weight excluding hydrogens is 274 g/mol. The van der Waals surface area contributed by atoms with Crippen molar-refractivity contribution in [3.8, 4) is 6.07 Å². The standard InChI is InChI=1S/C14H15N3O4/c1-16(10-4-2-3-9(5-10)7-15)14(21)17-8-11(18)6-12(17)13(19)20/h2-5,11-12,18H,6,8H2,1H3,(H,19,20)/t11-,12+/m1/s1. The normalized spacial score (nSPS) is 20.9. The van der Waals surface area contributed by atoms with Crippen molar-refractivity contribution in [1.29, 1.82) is 5.26 Å². The molecule has 2 atom stereocenters. The number of hydrogen-bond acceptors (Lipinski definition) is 4. The molecule has 0 unspecified atom stereocenters. The van der Waals surface area contributed by atoms with Gasteiger partial charge in [-0.3, -0.25) is 4.90 Å². The smallest absolute Gasteiger partial charge is 0.326 e. The van der Waals surface area contributed by atoms with Gasteiger partial charge in [0, 0.05) is 25.7 Å². The van der Waals surface area contributed by atoms with Gasteiger partial charge in [0.2, 0.25) is 0 Å². The van der Waals surface area contributed by atoms with Crippen molar-refractivity contribution in [3.05, 3.63) is 29.8 Å². The van der Waals surface area contributed by atoms with Crippen LogP contribution in [0.4, 0.5) is 10.5 Å². The fraction of sp³-hybridized carbons (Fsp3) is 0.357. The van der Waals surface area contributed by atoms with E-state index >= 15 is 0 Å². The zero-order valence-electron chi connectivity index (χ0n) is 11.4. The zero-order chi connectivity index (χ0) is 15.6. The first kappa shape index (κ1) is 14.8. The van der Waals surface area contributed by atoms with Crippen LogP contribution in [-0.4, -0.2) is 52.9 Å². The highest BCUT2D eigenvalue weighted by molar-refractivity contribution is 5.94. The van der Waals surface area contributed by atoms with Crippen LogP contribution in [0.2, 0.25) is 0 Å². The van der Waals surface area contributed by atoms with Gasteiger partial charge < -0.3 is 15.1 Å². The maximum absolute atomic E-state index is 12.4. The Morgan fingerprint density at radius 2 is 2.19 bits per heavy atom. The minimum Gasteiger partial charge on any atom is -0.480 e. The van der Waals surface area contributed by atoms with Crippen LogP contribution in [0, 0.1) is 11.3 Å². The molecular formula is C14H15N3O4. The van der Waals surface area contributed by atoms with E-state index in [1.807, 2.05) is 6.07 Å². The lowest BCUT2D eigenvalue weighted by atomic mass is 10.2. The van der Waals surface area contributed by atoms with Gasteiger partial charge in [0.25, 0.3) is 0 Å². The quantitative estimate of drug-likeness (QED) is 0.831. The Morgan fingerprint density at radius 3 is 2.81 bits per heavy atom. The van der Waals surface area contributed by atoms with Crippen molar-refractivity contribution >= 4 is 17.7 Å². The van der Waals surface area contributed by atoms with E-state index in [2.05, 4.69) is 0 Å². The molecule has 1 aliphatic rings. The van der Waals surface area contributed by atoms with Crippen LogP contribution in [-0.2, 0) is 4.79 Å². The number of carbonyl (C=O) groups is 2. The van der Waals surface area contributed by atoms with E-state index in [9.17, 15) is 14.7 Å². The lowest BCUT2D eigenvalue weighted by Crippen LogP contribution is -2.47. The summed E-state index contributed by atoms with van der Waals surface area (Å²) in [5.41, 5.74) is 0.896. The molecule has 1 fully saturated rings. The molecule has 7 nitrogen and oxygen atoms in total. The number of β-amino-alcohol motifs (C(OH)–C–C–N with tert-alkyl or cyclic N) is 1. The highest BCUT2D eigenvalue weighted by atomic mass is 16.4. The number of hydrogen-bond donors (Lipinski definition) is 2. The molecule has 7 heteroatoms. The first-order chi connectivity index (χ1) is 9.93. The minimum atomic E-state index is -1.14. The fourth-order valence-electron chi connectivity index (χ4n) is 2.35. The zero-order valence-corrected chi connectivity index (χ0v) is 11.4. The van der Waals surface area contributed by atoms with Gasteiger partial charge in [-0.2, -0.15) is 5.26 Å². The average Bonchev–Trinajstić information content (AvgIpc) is 2.88. The largest absolute Gasteiger partial charge is 0.480 e. The number of urea groups is 1. The SMILES string of the molecule is CN(C(=O)N1C[C@H](O)C[C@H]1C(=O)O)c1cccc(C#N)c1. The van der Waals surface area contributed by atoms with E-state index in [-0.39, 0.29) is 13.0 Å². The van der Waals surface area contributed by atoms with Gasteiger partial charge >= 0.3 is 12.0 Å². The number of amides is 2. The molecule has 0 bridgehead atoms. The summed E-state index contributed by atoms with van der Waals surface area (Å²) in [5.74, 6) is -1.14. The van der Waals surface area contributed by atoms with Crippen LogP contribution >= 0.6 is 0 Å². The topological polar surface area (TPSA) is 105 Å². The Bertz CT molecular complexity index is 610. The van der Waals surface area contributed by atoms with Gasteiger partial charge in [0.1, 0.15) is 6.04 Å². The second-order valence-electron chi connectivity index (χ2n) is 4.90. The second-order valence-corrected chi connectivity index (χ2v) is 4.90. The monoisotopic (exact) mass is 289 g/mol. The van der Waals surface area contributed by atoms with Crippen LogP contribution in [0.25, 0.3) is 0 Å². The van der Waals surface area contributed by atoms with Gasteiger partial charge in [-0.05, 0) is 18.2 Å². The molecule has 21 heavy (non-hydrogen) atoms. The molecule has 1 heterocycles. The first-order valence-corrected chi connectivity index (χ1v) is 6.39. The third-order valence-electron chi connectivity index (χ3n) is 3.46. The molecule has 1 aromatic rings. The summed E-state index contributed by atoms with van der Waals surface area (Å²) in [6.45, 7) is -0.0158. The van der Waals surface area contributed by atoms with Crippen molar-refractivity contribution in [2.24, 2.45) is 0 Å². The third-order valence-corrected chi connectivity index (χ3v) is 3.46. The Morgan fingerprint density at radius 1 is 1.48 bits per heavy atom. The highest BCUT2D eigenvalue weighted by Gasteiger charge is 2.40. The Kier molecular flexibility index (Phi) is 4.10. The molecule has 0 saturated carbocycles. The van der Waals surface area contributed by atoms with E-state index in [0.29, 0.717) is 11.3 Å². The van der Waals surface area contributed by atoms with Gasteiger partial charge in [-0.15, -0.1) is 0 Å². The number of nitriles is 1. The van der Waals surface area contributed by atoms with Crippen LogP contribution in [0.3, 0.4) is 0 Å². The molecule has 2 N–H and O–H groups in total. The van der Waals surface area contributed by atoms with Gasteiger partial charge in [0.15, 0.2) is 0 Å². The second kappa shape index (κ2) is 5.81. The van der Waals surface area contributed by atoms with Crippen LogP contribution in [0.1, 0.15) is 12.0 Å². The number of carboxylic acid groups (broad SMARTS) is 1. The van der Waals surface area contributed by atoms with Crippen molar-refractivity contribution in [1.82, 2.24) is 4.90 Å². The van der Waals surface area contributed by atoms with Gasteiger partial charge in [0.05, 0.1) is 17.7 Å². The number of carbonyl (C=O) groups excluding carboxylic acids is 1.